The van der Waals surface area contributed by atoms with Crippen LogP contribution in [-0.4, -0.2) is 14.2 Å². The maximum atomic E-state index is 12.3. The van der Waals surface area contributed by atoms with Gasteiger partial charge in [-0.25, -0.2) is 8.42 Å². The molecule has 19 heavy (non-hydrogen) atoms. The van der Waals surface area contributed by atoms with Crippen molar-refractivity contribution in [1.29, 1.82) is 0 Å². The van der Waals surface area contributed by atoms with Gasteiger partial charge in [-0.2, -0.15) is 0 Å². The van der Waals surface area contributed by atoms with Crippen LogP contribution < -0.4 is 5.73 Å². The van der Waals surface area contributed by atoms with Crippen molar-refractivity contribution in [2.24, 2.45) is 5.73 Å². The molecule has 2 N–H and O–H groups in total. The highest BCUT2D eigenvalue weighted by molar-refractivity contribution is 7.91. The van der Waals surface area contributed by atoms with Crippen LogP contribution in [-0.2, 0) is 9.84 Å². The Labute approximate surface area is 113 Å². The maximum Gasteiger partial charge on any atom is 0.180 e. The van der Waals surface area contributed by atoms with Gasteiger partial charge in [0.25, 0.3) is 0 Å². The lowest BCUT2D eigenvalue weighted by Gasteiger charge is -2.11. The Balaban J connectivity index is 2.25. The zero-order valence-electron chi connectivity index (χ0n) is 11.0. The molecule has 5 heteroatoms. The van der Waals surface area contributed by atoms with Crippen molar-refractivity contribution in [2.45, 2.75) is 24.8 Å². The van der Waals surface area contributed by atoms with Gasteiger partial charge >= 0.3 is 0 Å². The summed E-state index contributed by atoms with van der Waals surface area (Å²) >= 11 is 0. The molecule has 4 nitrogen and oxygen atoms in total. The summed E-state index contributed by atoms with van der Waals surface area (Å²) in [5.74, 6) is 0.315. The van der Waals surface area contributed by atoms with E-state index >= 15 is 0 Å². The molecule has 0 aliphatic rings. The van der Waals surface area contributed by atoms with Gasteiger partial charge in [0.1, 0.15) is 5.76 Å². The fraction of sp³-hybridized carbons (Fsp3) is 0.286. The summed E-state index contributed by atoms with van der Waals surface area (Å²) in [7, 11) is -3.41. The van der Waals surface area contributed by atoms with Crippen LogP contribution >= 0.6 is 0 Å². The number of hydrogen-bond donors (Lipinski definition) is 1. The normalized spacial score (nSPS) is 13.4. The first-order valence-electron chi connectivity index (χ1n) is 5.99. The van der Waals surface area contributed by atoms with E-state index in [1.165, 1.54) is 6.26 Å². The van der Waals surface area contributed by atoms with Crippen LogP contribution in [0.1, 0.15) is 22.9 Å². The number of furan rings is 1. The molecule has 1 aromatic heterocycles. The number of benzene rings is 1. The standard InChI is InChI=1S/C14H17NO3S/c1-10-5-6-12(8-11(10)2)19(16,17)9-13(15)14-4-3-7-18-14/h3-8,13H,9,15H2,1-2H3. The Morgan fingerprint density at radius 1 is 1.21 bits per heavy atom. The molecule has 102 valence electrons. The van der Waals surface area contributed by atoms with E-state index in [-0.39, 0.29) is 5.75 Å². The zero-order valence-corrected chi connectivity index (χ0v) is 11.8. The molecular weight excluding hydrogens is 262 g/mol. The highest BCUT2D eigenvalue weighted by Crippen LogP contribution is 2.20. The molecule has 0 amide bonds. The van der Waals surface area contributed by atoms with E-state index in [0.717, 1.165) is 11.1 Å². The van der Waals surface area contributed by atoms with Crippen molar-refractivity contribution < 1.29 is 12.8 Å². The zero-order chi connectivity index (χ0) is 14.0. The monoisotopic (exact) mass is 279 g/mol. The lowest BCUT2D eigenvalue weighted by atomic mass is 10.1. The Kier molecular flexibility index (Phi) is 3.78. The average molecular weight is 279 g/mol. The summed E-state index contributed by atoms with van der Waals surface area (Å²) in [6.07, 6.45) is 1.48. The van der Waals surface area contributed by atoms with Crippen molar-refractivity contribution in [3.05, 3.63) is 53.5 Å². The topological polar surface area (TPSA) is 73.3 Å². The van der Waals surface area contributed by atoms with Crippen molar-refractivity contribution in [2.75, 3.05) is 5.75 Å². The van der Waals surface area contributed by atoms with Crippen molar-refractivity contribution in [3.8, 4) is 0 Å². The van der Waals surface area contributed by atoms with E-state index in [0.29, 0.717) is 10.7 Å². The first-order valence-corrected chi connectivity index (χ1v) is 7.64. The molecule has 0 fully saturated rings. The number of hydrogen-bond acceptors (Lipinski definition) is 4. The highest BCUT2D eigenvalue weighted by Gasteiger charge is 2.21. The molecule has 1 aromatic carbocycles. The smallest absolute Gasteiger partial charge is 0.180 e. The SMILES string of the molecule is Cc1ccc(S(=O)(=O)CC(N)c2ccco2)cc1C. The minimum Gasteiger partial charge on any atom is -0.468 e. The van der Waals surface area contributed by atoms with Gasteiger partial charge in [-0.15, -0.1) is 0 Å². The van der Waals surface area contributed by atoms with Crippen molar-refractivity contribution in [3.63, 3.8) is 0 Å². The highest BCUT2D eigenvalue weighted by atomic mass is 32.2. The second-order valence-electron chi connectivity index (χ2n) is 4.65. The molecule has 0 aliphatic carbocycles. The van der Waals surface area contributed by atoms with Gasteiger partial charge in [0.15, 0.2) is 9.84 Å². The van der Waals surface area contributed by atoms with Gasteiger partial charge in [0.2, 0.25) is 0 Å². The summed E-state index contributed by atoms with van der Waals surface area (Å²) in [4.78, 5) is 0.303. The summed E-state index contributed by atoms with van der Waals surface area (Å²) in [6.45, 7) is 3.83. The van der Waals surface area contributed by atoms with Crippen LogP contribution in [0.4, 0.5) is 0 Å². The third-order valence-corrected chi connectivity index (χ3v) is 4.92. The Bertz CT molecular complexity index is 660. The van der Waals surface area contributed by atoms with Crippen LogP contribution in [0, 0.1) is 13.8 Å². The molecule has 0 bridgehead atoms. The maximum absolute atomic E-state index is 12.3. The molecule has 1 atom stereocenters. The molecule has 2 aromatic rings. The Morgan fingerprint density at radius 3 is 2.53 bits per heavy atom. The number of rotatable bonds is 4. The van der Waals surface area contributed by atoms with E-state index in [9.17, 15) is 8.42 Å². The van der Waals surface area contributed by atoms with Crippen molar-refractivity contribution in [1.82, 2.24) is 0 Å². The summed E-state index contributed by atoms with van der Waals surface area (Å²) in [6, 6.07) is 7.83. The summed E-state index contributed by atoms with van der Waals surface area (Å²) in [5, 5.41) is 0. The van der Waals surface area contributed by atoms with Gasteiger partial charge in [-0.1, -0.05) is 6.07 Å². The summed E-state index contributed by atoms with van der Waals surface area (Å²) in [5.41, 5.74) is 7.87. The van der Waals surface area contributed by atoms with Gasteiger partial charge in [0.05, 0.1) is 23.0 Å². The molecule has 0 radical (unpaired) electrons. The van der Waals surface area contributed by atoms with E-state index in [4.69, 9.17) is 10.2 Å². The van der Waals surface area contributed by atoms with Crippen LogP contribution in [0.2, 0.25) is 0 Å². The average Bonchev–Trinajstić information content (AvgIpc) is 2.85. The first kappa shape index (κ1) is 13.8. The quantitative estimate of drug-likeness (QED) is 0.932. The van der Waals surface area contributed by atoms with Gasteiger partial charge < -0.3 is 10.2 Å². The molecule has 0 saturated carbocycles. The van der Waals surface area contributed by atoms with Gasteiger partial charge in [0, 0.05) is 0 Å². The molecule has 1 heterocycles. The predicted octanol–water partition coefficient (Wildman–Crippen LogP) is 2.37. The second-order valence-corrected chi connectivity index (χ2v) is 6.68. The molecule has 0 saturated heterocycles. The largest absolute Gasteiger partial charge is 0.468 e. The summed E-state index contributed by atoms with van der Waals surface area (Å²) < 4.78 is 29.7. The van der Waals surface area contributed by atoms with E-state index in [2.05, 4.69) is 0 Å². The third-order valence-electron chi connectivity index (χ3n) is 3.15. The Morgan fingerprint density at radius 2 is 1.95 bits per heavy atom. The van der Waals surface area contributed by atoms with Gasteiger partial charge in [-0.3, -0.25) is 0 Å². The Hall–Kier alpha value is -1.59. The lowest BCUT2D eigenvalue weighted by molar-refractivity contribution is 0.477. The number of aryl methyl sites for hydroxylation is 2. The third kappa shape index (κ3) is 3.05. The fourth-order valence-corrected chi connectivity index (χ4v) is 3.29. The van der Waals surface area contributed by atoms with Crippen LogP contribution in [0.25, 0.3) is 0 Å². The minimum absolute atomic E-state index is 0.164. The molecule has 0 aliphatic heterocycles. The number of sulfone groups is 1. The van der Waals surface area contributed by atoms with Gasteiger partial charge in [-0.05, 0) is 49.2 Å². The van der Waals surface area contributed by atoms with Crippen LogP contribution in [0.15, 0.2) is 45.9 Å². The second kappa shape index (κ2) is 5.19. The molecular formula is C14H17NO3S. The minimum atomic E-state index is -3.41. The molecule has 1 unspecified atom stereocenters. The number of nitrogens with two attached hydrogens (primary N) is 1. The van der Waals surface area contributed by atoms with Crippen molar-refractivity contribution >= 4 is 9.84 Å². The van der Waals surface area contributed by atoms with E-state index < -0.39 is 15.9 Å². The van der Waals surface area contributed by atoms with E-state index in [1.807, 2.05) is 13.8 Å². The van der Waals surface area contributed by atoms with Crippen LogP contribution in [0.3, 0.4) is 0 Å². The van der Waals surface area contributed by atoms with Crippen LogP contribution in [0.5, 0.6) is 0 Å². The fourth-order valence-electron chi connectivity index (χ4n) is 1.82. The lowest BCUT2D eigenvalue weighted by Crippen LogP contribution is -2.21. The first-order chi connectivity index (χ1) is 8.90. The molecule has 2 rings (SSSR count). The molecule has 0 spiro atoms. The predicted molar refractivity (Wildman–Crippen MR) is 73.6 cm³/mol. The van der Waals surface area contributed by atoms with E-state index in [1.54, 1.807) is 30.3 Å².